The van der Waals surface area contributed by atoms with Crippen molar-refractivity contribution in [3.8, 4) is 0 Å². The molecule has 0 saturated carbocycles. The summed E-state index contributed by atoms with van der Waals surface area (Å²) in [6.07, 6.45) is 0.135. The summed E-state index contributed by atoms with van der Waals surface area (Å²) in [6, 6.07) is 10.2. The largest absolute Gasteiger partial charge is 0.444 e. The van der Waals surface area contributed by atoms with Gasteiger partial charge >= 0.3 is 6.09 Å². The maximum Gasteiger partial charge on any atom is 0.412 e. The molecule has 0 aliphatic carbocycles. The van der Waals surface area contributed by atoms with Crippen molar-refractivity contribution in [2.75, 3.05) is 5.32 Å². The minimum atomic E-state index is -0.729. The maximum atomic E-state index is 13.0. The molecule has 0 aliphatic heterocycles. The van der Waals surface area contributed by atoms with Gasteiger partial charge in [0.15, 0.2) is 0 Å². The number of carbonyl (C=O) groups is 3. The summed E-state index contributed by atoms with van der Waals surface area (Å²) in [6.45, 7) is 10.8. The summed E-state index contributed by atoms with van der Waals surface area (Å²) in [5, 5.41) is 9.92. The third-order valence-corrected chi connectivity index (χ3v) is 4.51. The zero-order chi connectivity index (χ0) is 22.5. The van der Waals surface area contributed by atoms with Crippen molar-refractivity contribution in [1.82, 2.24) is 10.6 Å². The first-order chi connectivity index (χ1) is 14.0. The highest BCUT2D eigenvalue weighted by Gasteiger charge is 2.22. The van der Waals surface area contributed by atoms with Gasteiger partial charge in [-0.25, -0.2) is 4.79 Å². The van der Waals surface area contributed by atoms with E-state index in [-0.39, 0.29) is 17.5 Å². The van der Waals surface area contributed by atoms with E-state index in [1.807, 2.05) is 38.1 Å². The quantitative estimate of drug-likeness (QED) is 0.661. The normalized spacial score (nSPS) is 13.3. The molecule has 0 aromatic heterocycles. The van der Waals surface area contributed by atoms with Gasteiger partial charge in [-0.2, -0.15) is 0 Å². The Balaban J connectivity index is 2.30. The molecule has 0 aliphatic rings. The van der Waals surface area contributed by atoms with E-state index in [1.54, 1.807) is 39.8 Å². The first-order valence-electron chi connectivity index (χ1n) is 10.1. The van der Waals surface area contributed by atoms with Crippen LogP contribution in [0.25, 0.3) is 10.8 Å². The zero-order valence-electron chi connectivity index (χ0n) is 18.5. The second kappa shape index (κ2) is 9.61. The first-order valence-corrected chi connectivity index (χ1v) is 10.1. The number of benzene rings is 2. The van der Waals surface area contributed by atoms with Crippen molar-refractivity contribution >= 4 is 34.4 Å². The van der Waals surface area contributed by atoms with Crippen LogP contribution in [0.2, 0.25) is 0 Å². The van der Waals surface area contributed by atoms with Gasteiger partial charge in [0.1, 0.15) is 11.6 Å². The number of hydrogen-bond acceptors (Lipinski definition) is 4. The van der Waals surface area contributed by atoms with Gasteiger partial charge in [0, 0.05) is 6.04 Å². The molecular weight excluding hydrogens is 382 g/mol. The Hall–Kier alpha value is -3.09. The summed E-state index contributed by atoms with van der Waals surface area (Å²) >= 11 is 0. The fraction of sp³-hybridized carbons (Fsp3) is 0.435. The monoisotopic (exact) mass is 413 g/mol. The number of ether oxygens (including phenoxy) is 1. The number of rotatable bonds is 6. The van der Waals surface area contributed by atoms with Crippen molar-refractivity contribution in [3.63, 3.8) is 0 Å². The smallest absolute Gasteiger partial charge is 0.412 e. The van der Waals surface area contributed by atoms with Crippen LogP contribution in [0.4, 0.5) is 10.5 Å². The lowest BCUT2D eigenvalue weighted by Gasteiger charge is -2.21. The molecule has 7 heteroatoms. The summed E-state index contributed by atoms with van der Waals surface area (Å²) < 4.78 is 5.32. The highest BCUT2D eigenvalue weighted by atomic mass is 16.6. The second-order valence-electron chi connectivity index (χ2n) is 8.38. The number of amides is 3. The van der Waals surface area contributed by atoms with Gasteiger partial charge in [0.2, 0.25) is 5.91 Å². The van der Waals surface area contributed by atoms with E-state index in [4.69, 9.17) is 4.74 Å². The number of anilines is 1. The van der Waals surface area contributed by atoms with Crippen molar-refractivity contribution in [3.05, 3.63) is 42.0 Å². The van der Waals surface area contributed by atoms with Gasteiger partial charge in [-0.1, -0.05) is 31.2 Å². The van der Waals surface area contributed by atoms with E-state index >= 15 is 0 Å². The van der Waals surface area contributed by atoms with E-state index in [0.717, 1.165) is 17.2 Å². The summed E-state index contributed by atoms with van der Waals surface area (Å²) in [5.41, 5.74) is -0.107. The first kappa shape index (κ1) is 23.2. The second-order valence-corrected chi connectivity index (χ2v) is 8.38. The summed E-state index contributed by atoms with van der Waals surface area (Å²) in [4.78, 5) is 37.6. The van der Waals surface area contributed by atoms with Crippen molar-refractivity contribution < 1.29 is 19.1 Å². The zero-order valence-corrected chi connectivity index (χ0v) is 18.5. The highest BCUT2D eigenvalue weighted by molar-refractivity contribution is 6.08. The Morgan fingerprint density at radius 1 is 1.00 bits per heavy atom. The molecule has 0 fully saturated rings. The number of nitrogens with one attached hydrogen (secondary N) is 3. The summed E-state index contributed by atoms with van der Waals surface area (Å²) in [5.74, 6) is -0.723. The van der Waals surface area contributed by atoms with Crippen LogP contribution in [0, 0.1) is 0 Å². The lowest BCUT2D eigenvalue weighted by molar-refractivity contribution is -0.123. The van der Waals surface area contributed by atoms with Crippen LogP contribution >= 0.6 is 0 Å². The van der Waals surface area contributed by atoms with Crippen molar-refractivity contribution in [2.45, 2.75) is 65.6 Å². The van der Waals surface area contributed by atoms with E-state index in [0.29, 0.717) is 5.69 Å². The third kappa shape index (κ3) is 6.47. The molecule has 162 valence electrons. The van der Waals surface area contributed by atoms with Crippen LogP contribution in [0.1, 0.15) is 58.3 Å². The van der Waals surface area contributed by atoms with Crippen molar-refractivity contribution in [2.24, 2.45) is 0 Å². The average molecular weight is 414 g/mol. The Labute approximate surface area is 177 Å². The molecule has 0 saturated heterocycles. The SMILES string of the molecule is CCC(C)NC(=O)C(C)NC(=O)c1cc2ccccc2cc1NC(=O)OC(C)(C)C. The van der Waals surface area contributed by atoms with Crippen LogP contribution in [0.3, 0.4) is 0 Å². The van der Waals surface area contributed by atoms with E-state index in [2.05, 4.69) is 16.0 Å². The molecule has 30 heavy (non-hydrogen) atoms. The fourth-order valence-corrected chi connectivity index (χ4v) is 2.75. The van der Waals surface area contributed by atoms with Crippen LogP contribution in [0.5, 0.6) is 0 Å². The van der Waals surface area contributed by atoms with Crippen LogP contribution < -0.4 is 16.0 Å². The van der Waals surface area contributed by atoms with Crippen LogP contribution in [-0.4, -0.2) is 35.6 Å². The molecule has 0 heterocycles. The van der Waals surface area contributed by atoms with Gasteiger partial charge in [-0.15, -0.1) is 0 Å². The minimum absolute atomic E-state index is 0.0157. The fourth-order valence-electron chi connectivity index (χ4n) is 2.75. The van der Waals surface area contributed by atoms with Crippen LogP contribution in [0.15, 0.2) is 36.4 Å². The molecule has 2 unspecified atom stereocenters. The Morgan fingerprint density at radius 3 is 2.17 bits per heavy atom. The molecule has 0 bridgehead atoms. The molecule has 2 aromatic carbocycles. The van der Waals surface area contributed by atoms with Gasteiger partial charge in [-0.05, 0) is 63.9 Å². The minimum Gasteiger partial charge on any atom is -0.444 e. The molecule has 0 spiro atoms. The standard InChI is InChI=1S/C23H31N3O4/c1-7-14(2)24-20(27)15(3)25-21(28)18-12-16-10-8-9-11-17(16)13-19(18)26-22(29)30-23(4,5)6/h8-15H,7H2,1-6H3,(H,24,27)(H,25,28)(H,26,29). The van der Waals surface area contributed by atoms with Gasteiger partial charge in [0.25, 0.3) is 5.91 Å². The molecule has 0 radical (unpaired) electrons. The van der Waals surface area contributed by atoms with E-state index < -0.39 is 23.6 Å². The topological polar surface area (TPSA) is 96.5 Å². The summed E-state index contributed by atoms with van der Waals surface area (Å²) in [7, 11) is 0. The predicted octanol–water partition coefficient (Wildman–Crippen LogP) is 4.22. The lowest BCUT2D eigenvalue weighted by atomic mass is 10.0. The maximum absolute atomic E-state index is 13.0. The predicted molar refractivity (Wildman–Crippen MR) is 119 cm³/mol. The van der Waals surface area contributed by atoms with Crippen LogP contribution in [-0.2, 0) is 9.53 Å². The highest BCUT2D eigenvalue weighted by Crippen LogP contribution is 2.25. The molecule has 2 aromatic rings. The Morgan fingerprint density at radius 2 is 1.60 bits per heavy atom. The van der Waals surface area contributed by atoms with Crippen molar-refractivity contribution in [1.29, 1.82) is 0 Å². The number of carbonyl (C=O) groups excluding carboxylic acids is 3. The van der Waals surface area contributed by atoms with E-state index in [9.17, 15) is 14.4 Å². The van der Waals surface area contributed by atoms with Gasteiger partial charge in [0.05, 0.1) is 11.3 Å². The van der Waals surface area contributed by atoms with Gasteiger partial charge < -0.3 is 15.4 Å². The third-order valence-electron chi connectivity index (χ3n) is 4.51. The molecule has 3 amide bonds. The molecule has 7 nitrogen and oxygen atoms in total. The Kier molecular flexibility index (Phi) is 7.43. The molecule has 2 atom stereocenters. The number of hydrogen-bond donors (Lipinski definition) is 3. The Bertz CT molecular complexity index is 934. The van der Waals surface area contributed by atoms with Gasteiger partial charge in [-0.3, -0.25) is 14.9 Å². The lowest BCUT2D eigenvalue weighted by Crippen LogP contribution is -2.47. The molecular formula is C23H31N3O4. The molecule has 2 rings (SSSR count). The number of fused-ring (bicyclic) bond motifs is 1. The van der Waals surface area contributed by atoms with E-state index in [1.165, 1.54) is 0 Å². The molecule has 3 N–H and O–H groups in total. The average Bonchev–Trinajstić information content (AvgIpc) is 2.65.